The summed E-state index contributed by atoms with van der Waals surface area (Å²) in [5, 5.41) is 15.7. The number of anilines is 1. The first-order valence-electron chi connectivity index (χ1n) is 6.12. The second kappa shape index (κ2) is 6.58. The summed E-state index contributed by atoms with van der Waals surface area (Å²) in [6, 6.07) is 7.87. The standard InChI is InChI=1S/C14H16BrN3/c15-13-2-1-12(10-16)14(9-13)18-8-5-11-3-6-17-7-4-11/h1-3,9,17-18H,4-8H2. The van der Waals surface area contributed by atoms with E-state index in [1.165, 1.54) is 5.57 Å². The second-order valence-corrected chi connectivity index (χ2v) is 5.21. The summed E-state index contributed by atoms with van der Waals surface area (Å²) < 4.78 is 0.991. The van der Waals surface area contributed by atoms with E-state index in [0.717, 1.165) is 42.6 Å². The van der Waals surface area contributed by atoms with Crippen molar-refractivity contribution < 1.29 is 0 Å². The van der Waals surface area contributed by atoms with Gasteiger partial charge in [-0.3, -0.25) is 0 Å². The number of hydrogen-bond donors (Lipinski definition) is 2. The molecule has 0 saturated carbocycles. The van der Waals surface area contributed by atoms with Crippen molar-refractivity contribution >= 4 is 21.6 Å². The third-order valence-electron chi connectivity index (χ3n) is 3.02. The molecule has 1 aromatic carbocycles. The molecular formula is C14H16BrN3. The average Bonchev–Trinajstić information content (AvgIpc) is 2.40. The fourth-order valence-corrected chi connectivity index (χ4v) is 2.38. The molecule has 1 aromatic rings. The third-order valence-corrected chi connectivity index (χ3v) is 3.51. The minimum atomic E-state index is 0.692. The van der Waals surface area contributed by atoms with Gasteiger partial charge >= 0.3 is 0 Å². The predicted molar refractivity (Wildman–Crippen MR) is 77.5 cm³/mol. The molecule has 0 unspecified atom stereocenters. The Labute approximate surface area is 116 Å². The zero-order valence-electron chi connectivity index (χ0n) is 10.2. The molecule has 2 rings (SSSR count). The highest BCUT2D eigenvalue weighted by molar-refractivity contribution is 9.10. The Morgan fingerprint density at radius 1 is 1.44 bits per heavy atom. The summed E-state index contributed by atoms with van der Waals surface area (Å²) >= 11 is 3.42. The maximum absolute atomic E-state index is 9.03. The molecule has 1 aliphatic rings. The van der Waals surface area contributed by atoms with E-state index in [1.54, 1.807) is 0 Å². The summed E-state index contributed by atoms with van der Waals surface area (Å²) in [5.74, 6) is 0. The molecule has 0 atom stereocenters. The summed E-state index contributed by atoms with van der Waals surface area (Å²) in [6.07, 6.45) is 4.43. The van der Waals surface area contributed by atoms with E-state index in [-0.39, 0.29) is 0 Å². The third kappa shape index (κ3) is 3.59. The quantitative estimate of drug-likeness (QED) is 0.841. The van der Waals surface area contributed by atoms with E-state index < -0.39 is 0 Å². The SMILES string of the molecule is N#Cc1ccc(Br)cc1NCCC1=CCNCC1. The molecule has 94 valence electrons. The fourth-order valence-electron chi connectivity index (χ4n) is 2.01. The van der Waals surface area contributed by atoms with Crippen LogP contribution in [0.2, 0.25) is 0 Å². The van der Waals surface area contributed by atoms with Gasteiger partial charge in [0.15, 0.2) is 0 Å². The van der Waals surface area contributed by atoms with Gasteiger partial charge in [0.05, 0.1) is 11.3 Å². The Morgan fingerprint density at radius 3 is 3.06 bits per heavy atom. The fraction of sp³-hybridized carbons (Fsp3) is 0.357. The highest BCUT2D eigenvalue weighted by Gasteiger charge is 2.05. The molecule has 0 amide bonds. The zero-order chi connectivity index (χ0) is 12.8. The molecule has 18 heavy (non-hydrogen) atoms. The van der Waals surface area contributed by atoms with Gasteiger partial charge in [-0.25, -0.2) is 0 Å². The van der Waals surface area contributed by atoms with E-state index in [2.05, 4.69) is 38.7 Å². The van der Waals surface area contributed by atoms with Crippen LogP contribution in [0.25, 0.3) is 0 Å². The molecule has 1 aliphatic heterocycles. The first kappa shape index (κ1) is 13.1. The minimum Gasteiger partial charge on any atom is -0.384 e. The Morgan fingerprint density at radius 2 is 2.33 bits per heavy atom. The molecule has 0 aromatic heterocycles. The molecule has 0 spiro atoms. The van der Waals surface area contributed by atoms with Crippen LogP contribution in [0.4, 0.5) is 5.69 Å². The maximum Gasteiger partial charge on any atom is 0.101 e. The Balaban J connectivity index is 1.92. The van der Waals surface area contributed by atoms with Crippen molar-refractivity contribution in [3.8, 4) is 6.07 Å². The molecule has 4 heteroatoms. The predicted octanol–water partition coefficient (Wildman–Crippen LogP) is 3.04. The van der Waals surface area contributed by atoms with Gasteiger partial charge in [-0.1, -0.05) is 27.6 Å². The van der Waals surface area contributed by atoms with Crippen molar-refractivity contribution in [2.24, 2.45) is 0 Å². The van der Waals surface area contributed by atoms with Crippen LogP contribution in [-0.4, -0.2) is 19.6 Å². The smallest absolute Gasteiger partial charge is 0.101 e. The van der Waals surface area contributed by atoms with Crippen LogP contribution in [0, 0.1) is 11.3 Å². The van der Waals surface area contributed by atoms with Crippen LogP contribution in [0.1, 0.15) is 18.4 Å². The molecule has 0 saturated heterocycles. The van der Waals surface area contributed by atoms with Gasteiger partial charge in [0.25, 0.3) is 0 Å². The topological polar surface area (TPSA) is 47.9 Å². The van der Waals surface area contributed by atoms with Crippen molar-refractivity contribution in [1.29, 1.82) is 5.26 Å². The number of benzene rings is 1. The number of halogens is 1. The minimum absolute atomic E-state index is 0.692. The molecule has 0 radical (unpaired) electrons. The second-order valence-electron chi connectivity index (χ2n) is 4.29. The first-order chi connectivity index (χ1) is 8.79. The first-order valence-corrected chi connectivity index (χ1v) is 6.91. The van der Waals surface area contributed by atoms with E-state index in [1.807, 2.05) is 18.2 Å². The van der Waals surface area contributed by atoms with Gasteiger partial charge in [-0.15, -0.1) is 0 Å². The number of rotatable bonds is 4. The molecule has 0 aliphatic carbocycles. The van der Waals surface area contributed by atoms with Gasteiger partial charge in [-0.05, 0) is 37.6 Å². The van der Waals surface area contributed by atoms with E-state index in [0.29, 0.717) is 5.56 Å². The maximum atomic E-state index is 9.03. The molecule has 1 heterocycles. The van der Waals surface area contributed by atoms with E-state index in [4.69, 9.17) is 5.26 Å². The number of nitrogens with one attached hydrogen (secondary N) is 2. The van der Waals surface area contributed by atoms with Crippen LogP contribution in [0.5, 0.6) is 0 Å². The average molecular weight is 306 g/mol. The van der Waals surface area contributed by atoms with Gasteiger partial charge in [0.1, 0.15) is 6.07 Å². The highest BCUT2D eigenvalue weighted by Crippen LogP contribution is 2.21. The van der Waals surface area contributed by atoms with Gasteiger partial charge in [0.2, 0.25) is 0 Å². The van der Waals surface area contributed by atoms with E-state index in [9.17, 15) is 0 Å². The van der Waals surface area contributed by atoms with Gasteiger partial charge in [-0.2, -0.15) is 5.26 Å². The van der Waals surface area contributed by atoms with E-state index >= 15 is 0 Å². The normalized spacial score (nSPS) is 14.8. The Hall–Kier alpha value is -1.31. The zero-order valence-corrected chi connectivity index (χ0v) is 11.8. The van der Waals surface area contributed by atoms with Crippen molar-refractivity contribution in [3.05, 3.63) is 39.9 Å². The van der Waals surface area contributed by atoms with Crippen LogP contribution >= 0.6 is 15.9 Å². The Bertz CT molecular complexity index is 488. The van der Waals surface area contributed by atoms with Crippen molar-refractivity contribution in [2.75, 3.05) is 25.0 Å². The molecule has 2 N–H and O–H groups in total. The van der Waals surface area contributed by atoms with Crippen LogP contribution in [0.3, 0.4) is 0 Å². The lowest BCUT2D eigenvalue weighted by atomic mass is 10.1. The molecule has 0 bridgehead atoms. The lowest BCUT2D eigenvalue weighted by Gasteiger charge is -2.15. The van der Waals surface area contributed by atoms with Crippen LogP contribution < -0.4 is 10.6 Å². The molecule has 3 nitrogen and oxygen atoms in total. The number of nitrogens with zero attached hydrogens (tertiary/aromatic N) is 1. The van der Waals surface area contributed by atoms with Gasteiger partial charge < -0.3 is 10.6 Å². The summed E-state index contributed by atoms with van der Waals surface area (Å²) in [5.41, 5.74) is 3.09. The highest BCUT2D eigenvalue weighted by atomic mass is 79.9. The largest absolute Gasteiger partial charge is 0.384 e. The number of nitriles is 1. The summed E-state index contributed by atoms with van der Waals surface area (Å²) in [6.45, 7) is 2.93. The summed E-state index contributed by atoms with van der Waals surface area (Å²) in [4.78, 5) is 0. The molecular weight excluding hydrogens is 290 g/mol. The van der Waals surface area contributed by atoms with Crippen molar-refractivity contribution in [3.63, 3.8) is 0 Å². The van der Waals surface area contributed by atoms with Crippen molar-refractivity contribution in [1.82, 2.24) is 5.32 Å². The lowest BCUT2D eigenvalue weighted by Crippen LogP contribution is -2.21. The lowest BCUT2D eigenvalue weighted by molar-refractivity contribution is 0.683. The Kier molecular flexibility index (Phi) is 4.80. The van der Waals surface area contributed by atoms with Crippen molar-refractivity contribution in [2.45, 2.75) is 12.8 Å². The summed E-state index contributed by atoms with van der Waals surface area (Å²) in [7, 11) is 0. The van der Waals surface area contributed by atoms with Crippen LogP contribution in [0.15, 0.2) is 34.3 Å². The number of hydrogen-bond acceptors (Lipinski definition) is 3. The van der Waals surface area contributed by atoms with Crippen LogP contribution in [-0.2, 0) is 0 Å². The van der Waals surface area contributed by atoms with Gasteiger partial charge in [0, 0.05) is 17.6 Å². The monoisotopic (exact) mass is 305 g/mol. The molecule has 0 fully saturated rings.